The van der Waals surface area contributed by atoms with Crippen molar-refractivity contribution in [2.24, 2.45) is 0 Å². The lowest BCUT2D eigenvalue weighted by atomic mass is 10.2. The van der Waals surface area contributed by atoms with Gasteiger partial charge in [0.25, 0.3) is 0 Å². The molecule has 1 N–H and O–H groups in total. The summed E-state index contributed by atoms with van der Waals surface area (Å²) in [5.74, 6) is -0.343. The van der Waals surface area contributed by atoms with Crippen molar-refractivity contribution in [1.29, 1.82) is 0 Å². The normalized spacial score (nSPS) is 10.3. The molecule has 0 saturated carbocycles. The van der Waals surface area contributed by atoms with E-state index in [2.05, 4.69) is 26.2 Å². The van der Waals surface area contributed by atoms with Crippen molar-refractivity contribution in [3.05, 3.63) is 57.5 Å². The van der Waals surface area contributed by atoms with Crippen LogP contribution >= 0.6 is 27.5 Å². The number of rotatable bonds is 3. The van der Waals surface area contributed by atoms with E-state index in [1.807, 2.05) is 12.1 Å². The molecular weight excluding hydrogens is 307 g/mol. The molecular formula is C12H9BrClFN2. The molecule has 0 fully saturated rings. The Labute approximate surface area is 112 Å². The van der Waals surface area contributed by atoms with Gasteiger partial charge in [-0.1, -0.05) is 27.5 Å². The SMILES string of the molecule is Fc1cncc(CNc2cc(Br)ccc2Cl)c1. The van der Waals surface area contributed by atoms with Crippen molar-refractivity contribution in [3.63, 3.8) is 0 Å². The smallest absolute Gasteiger partial charge is 0.141 e. The number of anilines is 1. The van der Waals surface area contributed by atoms with E-state index in [0.717, 1.165) is 15.7 Å². The van der Waals surface area contributed by atoms with Gasteiger partial charge in [0.2, 0.25) is 0 Å². The molecule has 5 heteroatoms. The average molecular weight is 316 g/mol. The minimum absolute atomic E-state index is 0.343. The van der Waals surface area contributed by atoms with E-state index in [4.69, 9.17) is 11.6 Å². The third-order valence-corrected chi connectivity index (χ3v) is 3.00. The van der Waals surface area contributed by atoms with Crippen LogP contribution in [0.25, 0.3) is 0 Å². The second-order valence-corrected chi connectivity index (χ2v) is 4.81. The summed E-state index contributed by atoms with van der Waals surface area (Å²) in [4.78, 5) is 3.78. The summed E-state index contributed by atoms with van der Waals surface area (Å²) in [6.45, 7) is 0.473. The van der Waals surface area contributed by atoms with E-state index in [9.17, 15) is 4.39 Å². The Bertz CT molecular complexity index is 534. The molecule has 0 saturated heterocycles. The van der Waals surface area contributed by atoms with Crippen molar-refractivity contribution in [2.75, 3.05) is 5.32 Å². The zero-order valence-corrected chi connectivity index (χ0v) is 11.1. The fourth-order valence-electron chi connectivity index (χ4n) is 1.38. The lowest BCUT2D eigenvalue weighted by Crippen LogP contribution is -2.01. The first kappa shape index (κ1) is 12.3. The molecule has 1 aromatic heterocycles. The maximum Gasteiger partial charge on any atom is 0.141 e. The first-order valence-corrected chi connectivity index (χ1v) is 6.10. The zero-order valence-electron chi connectivity index (χ0n) is 8.75. The van der Waals surface area contributed by atoms with Gasteiger partial charge in [-0.15, -0.1) is 0 Å². The van der Waals surface area contributed by atoms with Crippen LogP contribution < -0.4 is 5.32 Å². The molecule has 0 spiro atoms. The van der Waals surface area contributed by atoms with Crippen LogP contribution in [-0.4, -0.2) is 4.98 Å². The van der Waals surface area contributed by atoms with Gasteiger partial charge >= 0.3 is 0 Å². The minimum Gasteiger partial charge on any atom is -0.380 e. The lowest BCUT2D eigenvalue weighted by Gasteiger charge is -2.08. The minimum atomic E-state index is -0.343. The molecule has 0 amide bonds. The number of benzene rings is 1. The highest BCUT2D eigenvalue weighted by atomic mass is 79.9. The van der Waals surface area contributed by atoms with Gasteiger partial charge in [-0.05, 0) is 29.8 Å². The summed E-state index contributed by atoms with van der Waals surface area (Å²) < 4.78 is 13.8. The quantitative estimate of drug-likeness (QED) is 0.916. The highest BCUT2D eigenvalue weighted by molar-refractivity contribution is 9.10. The van der Waals surface area contributed by atoms with Gasteiger partial charge in [0, 0.05) is 17.2 Å². The van der Waals surface area contributed by atoms with Gasteiger partial charge in [0.15, 0.2) is 0 Å². The summed E-state index contributed by atoms with van der Waals surface area (Å²) in [5, 5.41) is 3.75. The molecule has 0 radical (unpaired) electrons. The Morgan fingerprint density at radius 2 is 2.12 bits per heavy atom. The number of hydrogen-bond acceptors (Lipinski definition) is 2. The number of aromatic nitrogens is 1. The monoisotopic (exact) mass is 314 g/mol. The second-order valence-electron chi connectivity index (χ2n) is 3.49. The van der Waals surface area contributed by atoms with Gasteiger partial charge in [-0.3, -0.25) is 4.98 Å². The molecule has 17 heavy (non-hydrogen) atoms. The van der Waals surface area contributed by atoms with Gasteiger partial charge in [0.1, 0.15) is 5.82 Å². The summed E-state index contributed by atoms with van der Waals surface area (Å²) in [7, 11) is 0. The van der Waals surface area contributed by atoms with E-state index >= 15 is 0 Å². The van der Waals surface area contributed by atoms with Crippen molar-refractivity contribution < 1.29 is 4.39 Å². The molecule has 0 aliphatic heterocycles. The predicted octanol–water partition coefficient (Wildman–Crippen LogP) is 4.25. The Kier molecular flexibility index (Phi) is 3.97. The highest BCUT2D eigenvalue weighted by Crippen LogP contribution is 2.26. The molecule has 0 atom stereocenters. The summed E-state index contributed by atoms with van der Waals surface area (Å²) in [5.41, 5.74) is 1.56. The molecule has 2 rings (SSSR count). The Morgan fingerprint density at radius 3 is 2.88 bits per heavy atom. The maximum atomic E-state index is 12.9. The second kappa shape index (κ2) is 5.47. The third kappa shape index (κ3) is 3.41. The van der Waals surface area contributed by atoms with E-state index < -0.39 is 0 Å². The van der Waals surface area contributed by atoms with Crippen molar-refractivity contribution >= 4 is 33.2 Å². The molecule has 1 heterocycles. The summed E-state index contributed by atoms with van der Waals surface area (Å²) >= 11 is 9.38. The van der Waals surface area contributed by atoms with Crippen LogP contribution in [0.1, 0.15) is 5.56 Å². The fourth-order valence-corrected chi connectivity index (χ4v) is 1.93. The van der Waals surface area contributed by atoms with Gasteiger partial charge < -0.3 is 5.32 Å². The van der Waals surface area contributed by atoms with E-state index in [1.54, 1.807) is 12.3 Å². The van der Waals surface area contributed by atoms with E-state index in [1.165, 1.54) is 12.3 Å². The lowest BCUT2D eigenvalue weighted by molar-refractivity contribution is 0.619. The predicted molar refractivity (Wildman–Crippen MR) is 70.7 cm³/mol. The molecule has 1 aromatic carbocycles. The van der Waals surface area contributed by atoms with E-state index in [-0.39, 0.29) is 5.82 Å². The van der Waals surface area contributed by atoms with Crippen molar-refractivity contribution in [1.82, 2.24) is 4.98 Å². The average Bonchev–Trinajstić information content (AvgIpc) is 2.30. The number of halogens is 3. The van der Waals surface area contributed by atoms with E-state index in [0.29, 0.717) is 11.6 Å². The highest BCUT2D eigenvalue weighted by Gasteiger charge is 2.01. The van der Waals surface area contributed by atoms with Crippen LogP contribution in [0.15, 0.2) is 41.1 Å². The topological polar surface area (TPSA) is 24.9 Å². The first-order chi connectivity index (χ1) is 8.15. The third-order valence-electron chi connectivity index (χ3n) is 2.17. The van der Waals surface area contributed by atoms with Crippen LogP contribution in [-0.2, 0) is 6.54 Å². The van der Waals surface area contributed by atoms with Crippen LogP contribution in [0.5, 0.6) is 0 Å². The van der Waals surface area contributed by atoms with Gasteiger partial charge in [-0.2, -0.15) is 0 Å². The van der Waals surface area contributed by atoms with Crippen molar-refractivity contribution in [3.8, 4) is 0 Å². The Balaban J connectivity index is 2.09. The van der Waals surface area contributed by atoms with Gasteiger partial charge in [0.05, 0.1) is 16.9 Å². The number of pyridine rings is 1. The molecule has 2 nitrogen and oxygen atoms in total. The Hall–Kier alpha value is -1.13. The number of hydrogen-bond donors (Lipinski definition) is 1. The molecule has 2 aromatic rings. The zero-order chi connectivity index (χ0) is 12.3. The van der Waals surface area contributed by atoms with Crippen molar-refractivity contribution in [2.45, 2.75) is 6.54 Å². The first-order valence-electron chi connectivity index (χ1n) is 4.93. The molecule has 0 aliphatic rings. The maximum absolute atomic E-state index is 12.9. The standard InChI is InChI=1S/C12H9BrClFN2/c13-9-1-2-11(14)12(4-9)17-6-8-3-10(15)7-16-5-8/h1-5,7,17H,6H2. The van der Waals surface area contributed by atoms with Crippen LogP contribution in [0.3, 0.4) is 0 Å². The number of nitrogens with one attached hydrogen (secondary N) is 1. The van der Waals surface area contributed by atoms with Crippen LogP contribution in [0, 0.1) is 5.82 Å². The number of nitrogens with zero attached hydrogens (tertiary/aromatic N) is 1. The largest absolute Gasteiger partial charge is 0.380 e. The molecule has 0 unspecified atom stereocenters. The Morgan fingerprint density at radius 1 is 1.29 bits per heavy atom. The van der Waals surface area contributed by atoms with Gasteiger partial charge in [-0.25, -0.2) is 4.39 Å². The van der Waals surface area contributed by atoms with Crippen LogP contribution in [0.4, 0.5) is 10.1 Å². The summed E-state index contributed by atoms with van der Waals surface area (Å²) in [6, 6.07) is 6.95. The molecule has 0 bridgehead atoms. The van der Waals surface area contributed by atoms with Crippen LogP contribution in [0.2, 0.25) is 5.02 Å². The molecule has 0 aliphatic carbocycles. The summed E-state index contributed by atoms with van der Waals surface area (Å²) in [6.07, 6.45) is 2.79. The fraction of sp³-hybridized carbons (Fsp3) is 0.0833. The molecule has 88 valence electrons.